The van der Waals surface area contributed by atoms with Crippen LogP contribution < -0.4 is 20.7 Å². The first-order chi connectivity index (χ1) is 11.0. The molecule has 24 heavy (non-hydrogen) atoms. The van der Waals surface area contributed by atoms with Crippen LogP contribution in [-0.2, 0) is 4.79 Å². The third kappa shape index (κ3) is 9.59. The molecule has 1 rings (SSSR count). The summed E-state index contributed by atoms with van der Waals surface area (Å²) < 4.78 is 5.67. The Labute approximate surface area is 161 Å². The van der Waals surface area contributed by atoms with Crippen LogP contribution in [0.2, 0.25) is 0 Å². The van der Waals surface area contributed by atoms with Crippen LogP contribution in [0.1, 0.15) is 34.1 Å². The number of nitrogens with zero attached hydrogens (tertiary/aromatic N) is 1. The molecule has 7 heteroatoms. The first-order valence-electron chi connectivity index (χ1n) is 8.10. The fourth-order valence-electron chi connectivity index (χ4n) is 1.84. The molecular weight excluding hydrogens is 419 g/mol. The Kier molecular flexibility index (Phi) is 12.0. The molecule has 0 heterocycles. The molecule has 0 aliphatic heterocycles. The van der Waals surface area contributed by atoms with Crippen molar-refractivity contribution in [3.05, 3.63) is 24.3 Å². The average molecular weight is 448 g/mol. The molecule has 0 aliphatic rings. The molecule has 1 aromatic carbocycles. The van der Waals surface area contributed by atoms with Gasteiger partial charge < -0.3 is 20.7 Å². The number of ether oxygens (including phenoxy) is 1. The van der Waals surface area contributed by atoms with Crippen LogP contribution in [0.5, 0.6) is 5.75 Å². The van der Waals surface area contributed by atoms with Crippen molar-refractivity contribution < 1.29 is 9.53 Å². The lowest BCUT2D eigenvalue weighted by atomic mass is 10.3. The maximum atomic E-state index is 11.1. The Balaban J connectivity index is 0.00000529. The van der Waals surface area contributed by atoms with Crippen molar-refractivity contribution in [3.63, 3.8) is 0 Å². The van der Waals surface area contributed by atoms with Crippen LogP contribution in [0.25, 0.3) is 0 Å². The maximum Gasteiger partial charge on any atom is 0.221 e. The molecule has 0 bridgehead atoms. The smallest absolute Gasteiger partial charge is 0.221 e. The number of carbonyl (C=O) groups is 1. The second kappa shape index (κ2) is 12.9. The van der Waals surface area contributed by atoms with Crippen LogP contribution in [0.4, 0.5) is 5.69 Å². The van der Waals surface area contributed by atoms with Gasteiger partial charge in [-0.25, -0.2) is 4.99 Å². The number of carbonyl (C=O) groups excluding carboxylic acids is 1. The quantitative estimate of drug-likeness (QED) is 0.248. The predicted octanol–water partition coefficient (Wildman–Crippen LogP) is 3.00. The Morgan fingerprint density at radius 2 is 2.08 bits per heavy atom. The van der Waals surface area contributed by atoms with Gasteiger partial charge in [-0.2, -0.15) is 0 Å². The van der Waals surface area contributed by atoms with Gasteiger partial charge in [-0.3, -0.25) is 4.79 Å². The third-order valence-electron chi connectivity index (χ3n) is 3.12. The van der Waals surface area contributed by atoms with Gasteiger partial charge in [0.2, 0.25) is 5.91 Å². The number of aliphatic imine (C=N–C) groups is 1. The van der Waals surface area contributed by atoms with Crippen LogP contribution >= 0.6 is 24.0 Å². The van der Waals surface area contributed by atoms with Gasteiger partial charge in [0.15, 0.2) is 5.96 Å². The van der Waals surface area contributed by atoms with Crippen molar-refractivity contribution in [1.29, 1.82) is 0 Å². The molecule has 136 valence electrons. The summed E-state index contributed by atoms with van der Waals surface area (Å²) in [6.45, 7) is 9.62. The van der Waals surface area contributed by atoms with Crippen LogP contribution in [0.3, 0.4) is 0 Å². The van der Waals surface area contributed by atoms with E-state index >= 15 is 0 Å². The molecule has 6 nitrogen and oxygen atoms in total. The summed E-state index contributed by atoms with van der Waals surface area (Å²) in [5, 5.41) is 9.28. The Bertz CT molecular complexity index is 523. The fraction of sp³-hybridized carbons (Fsp3) is 0.529. The van der Waals surface area contributed by atoms with Crippen LogP contribution in [0.15, 0.2) is 29.3 Å². The van der Waals surface area contributed by atoms with E-state index in [-0.39, 0.29) is 29.9 Å². The number of nitrogens with one attached hydrogen (secondary N) is 3. The van der Waals surface area contributed by atoms with E-state index in [1.165, 1.54) is 6.92 Å². The monoisotopic (exact) mass is 448 g/mol. The van der Waals surface area contributed by atoms with Crippen molar-refractivity contribution in [2.75, 3.05) is 25.0 Å². The zero-order valence-electron chi connectivity index (χ0n) is 14.9. The summed E-state index contributed by atoms with van der Waals surface area (Å²) in [7, 11) is 0. The zero-order valence-corrected chi connectivity index (χ0v) is 17.2. The van der Waals surface area contributed by atoms with Crippen molar-refractivity contribution in [3.8, 4) is 5.75 Å². The number of anilines is 1. The summed E-state index contributed by atoms with van der Waals surface area (Å²) in [4.78, 5) is 15.5. The summed E-state index contributed by atoms with van der Waals surface area (Å²) >= 11 is 0. The first kappa shape index (κ1) is 22.5. The molecule has 1 aromatic rings. The fourth-order valence-corrected chi connectivity index (χ4v) is 1.84. The molecule has 0 saturated carbocycles. The van der Waals surface area contributed by atoms with Crippen molar-refractivity contribution in [2.45, 2.75) is 40.2 Å². The molecule has 0 spiro atoms. The van der Waals surface area contributed by atoms with E-state index in [1.807, 2.05) is 25.1 Å². The number of hydrogen-bond donors (Lipinski definition) is 3. The highest BCUT2D eigenvalue weighted by Gasteiger charge is 2.02. The van der Waals surface area contributed by atoms with E-state index in [9.17, 15) is 4.79 Å². The molecule has 0 saturated heterocycles. The van der Waals surface area contributed by atoms with Gasteiger partial charge in [0.1, 0.15) is 12.4 Å². The summed E-state index contributed by atoms with van der Waals surface area (Å²) in [5.74, 6) is 1.42. The number of amides is 1. The molecule has 0 fully saturated rings. The van der Waals surface area contributed by atoms with Gasteiger partial charge in [-0.1, -0.05) is 13.0 Å². The Morgan fingerprint density at radius 3 is 2.71 bits per heavy atom. The highest BCUT2D eigenvalue weighted by Crippen LogP contribution is 2.17. The van der Waals surface area contributed by atoms with Crippen molar-refractivity contribution >= 4 is 41.5 Å². The van der Waals surface area contributed by atoms with Gasteiger partial charge in [-0.05, 0) is 32.4 Å². The lowest BCUT2D eigenvalue weighted by Crippen LogP contribution is -2.42. The summed E-state index contributed by atoms with van der Waals surface area (Å²) in [5.41, 5.74) is 0.727. The SMILES string of the molecule is CCNC(=NCCOc1cccc(NC(C)=O)c1)NC(C)CC.I. The molecule has 1 amide bonds. The highest BCUT2D eigenvalue weighted by molar-refractivity contribution is 14.0. The van der Waals surface area contributed by atoms with E-state index in [1.54, 1.807) is 6.07 Å². The van der Waals surface area contributed by atoms with E-state index in [4.69, 9.17) is 4.74 Å². The zero-order chi connectivity index (χ0) is 17.1. The normalized spacial score (nSPS) is 11.9. The average Bonchev–Trinajstić information content (AvgIpc) is 2.51. The number of rotatable bonds is 8. The summed E-state index contributed by atoms with van der Waals surface area (Å²) in [6, 6.07) is 7.71. The minimum atomic E-state index is -0.0989. The molecular formula is C17H29IN4O2. The lowest BCUT2D eigenvalue weighted by molar-refractivity contribution is -0.114. The lowest BCUT2D eigenvalue weighted by Gasteiger charge is -2.16. The number of hydrogen-bond acceptors (Lipinski definition) is 3. The van der Waals surface area contributed by atoms with E-state index < -0.39 is 0 Å². The minimum Gasteiger partial charge on any atom is -0.492 e. The predicted molar refractivity (Wildman–Crippen MR) is 111 cm³/mol. The van der Waals surface area contributed by atoms with Crippen LogP contribution in [-0.4, -0.2) is 37.6 Å². The molecule has 0 aliphatic carbocycles. The van der Waals surface area contributed by atoms with Crippen LogP contribution in [0, 0.1) is 0 Å². The second-order valence-electron chi connectivity index (χ2n) is 5.27. The van der Waals surface area contributed by atoms with E-state index in [0.717, 1.165) is 24.6 Å². The largest absolute Gasteiger partial charge is 0.492 e. The van der Waals surface area contributed by atoms with Crippen molar-refractivity contribution in [2.24, 2.45) is 4.99 Å². The first-order valence-corrected chi connectivity index (χ1v) is 8.10. The standard InChI is InChI=1S/C17H28N4O2.HI/c1-5-13(3)20-17(18-6-2)19-10-11-23-16-9-7-8-15(12-16)21-14(4)22;/h7-9,12-13H,5-6,10-11H2,1-4H3,(H,21,22)(H2,18,19,20);1H. The molecule has 1 unspecified atom stereocenters. The third-order valence-corrected chi connectivity index (χ3v) is 3.12. The van der Waals surface area contributed by atoms with Gasteiger partial charge in [-0.15, -0.1) is 24.0 Å². The second-order valence-corrected chi connectivity index (χ2v) is 5.27. The van der Waals surface area contributed by atoms with Crippen molar-refractivity contribution in [1.82, 2.24) is 10.6 Å². The highest BCUT2D eigenvalue weighted by atomic mass is 127. The summed E-state index contributed by atoms with van der Waals surface area (Å²) in [6.07, 6.45) is 1.04. The minimum absolute atomic E-state index is 0. The van der Waals surface area contributed by atoms with Gasteiger partial charge in [0.05, 0.1) is 6.54 Å². The van der Waals surface area contributed by atoms with Gasteiger partial charge in [0, 0.05) is 31.3 Å². The number of benzene rings is 1. The number of halogens is 1. The topological polar surface area (TPSA) is 74.8 Å². The van der Waals surface area contributed by atoms with Gasteiger partial charge in [0.25, 0.3) is 0 Å². The Hall–Kier alpha value is -1.51. The molecule has 1 atom stereocenters. The van der Waals surface area contributed by atoms with E-state index in [0.29, 0.717) is 24.9 Å². The Morgan fingerprint density at radius 1 is 1.33 bits per heavy atom. The molecule has 0 radical (unpaired) electrons. The molecule has 3 N–H and O–H groups in total. The molecule has 0 aromatic heterocycles. The van der Waals surface area contributed by atoms with E-state index in [2.05, 4.69) is 34.8 Å². The maximum absolute atomic E-state index is 11.1. The van der Waals surface area contributed by atoms with Gasteiger partial charge >= 0.3 is 0 Å². The number of guanidine groups is 1.